The number of hydrazine groups is 1. The molecule has 0 unspecified atom stereocenters. The van der Waals surface area contributed by atoms with Crippen LogP contribution in [0.5, 0.6) is 0 Å². The number of nitro groups is 1. The fraction of sp³-hybridized carbons (Fsp3) is 0.250. The summed E-state index contributed by atoms with van der Waals surface area (Å²) in [6.07, 6.45) is 4.03. The fourth-order valence-corrected chi connectivity index (χ4v) is 4.61. The highest BCUT2D eigenvalue weighted by Crippen LogP contribution is 2.39. The van der Waals surface area contributed by atoms with E-state index in [0.29, 0.717) is 6.42 Å². The van der Waals surface area contributed by atoms with Crippen molar-refractivity contribution in [3.8, 4) is 0 Å². The summed E-state index contributed by atoms with van der Waals surface area (Å²) in [7, 11) is 0. The summed E-state index contributed by atoms with van der Waals surface area (Å²) in [4.78, 5) is 63.6. The van der Waals surface area contributed by atoms with Gasteiger partial charge in [0.1, 0.15) is 6.54 Å². The molecule has 1 saturated heterocycles. The standard InChI is InChI=1S/C24H20ClN3O6/c1-14-6-4-10-18-21(14)24(32)27(23(18)31)26(22(30)17-9-2-3-11-19(17)25)13-20(29)15-7-5-8-16(12-15)28(33)34/h2-9,11-12,14,18,21H,10,13H2,1H3/t14-,18+,21-/m1/s1. The third-order valence-corrected chi connectivity index (χ3v) is 6.43. The number of hydrogen-bond donors (Lipinski definition) is 0. The first-order valence-corrected chi connectivity index (χ1v) is 11.0. The molecule has 0 N–H and O–H groups in total. The highest BCUT2D eigenvalue weighted by Gasteiger charge is 2.53. The van der Waals surface area contributed by atoms with Gasteiger partial charge in [-0.25, -0.2) is 5.01 Å². The lowest BCUT2D eigenvalue weighted by Crippen LogP contribution is -2.52. The number of benzene rings is 2. The second-order valence-corrected chi connectivity index (χ2v) is 8.62. The van der Waals surface area contributed by atoms with Crippen molar-refractivity contribution >= 4 is 40.8 Å². The number of rotatable bonds is 6. The number of ketones is 1. The van der Waals surface area contributed by atoms with E-state index < -0.39 is 46.8 Å². The first-order chi connectivity index (χ1) is 16.2. The number of fused-ring (bicyclic) bond motifs is 1. The molecule has 3 amide bonds. The molecule has 0 spiro atoms. The quantitative estimate of drug-likeness (QED) is 0.204. The monoisotopic (exact) mass is 481 g/mol. The average molecular weight is 482 g/mol. The Morgan fingerprint density at radius 1 is 1.15 bits per heavy atom. The Bertz CT molecular complexity index is 1240. The predicted octanol–water partition coefficient (Wildman–Crippen LogP) is 3.69. The maximum atomic E-state index is 13.5. The topological polar surface area (TPSA) is 118 Å². The molecule has 9 nitrogen and oxygen atoms in total. The number of non-ortho nitro benzene ring substituents is 1. The number of halogens is 1. The molecule has 1 aliphatic heterocycles. The molecule has 1 fully saturated rings. The lowest BCUT2D eigenvalue weighted by Gasteiger charge is -2.30. The second kappa shape index (κ2) is 9.18. The molecule has 0 aromatic heterocycles. The van der Waals surface area contributed by atoms with E-state index in [1.165, 1.54) is 30.3 Å². The van der Waals surface area contributed by atoms with Crippen LogP contribution in [0.3, 0.4) is 0 Å². The zero-order chi connectivity index (χ0) is 24.6. The van der Waals surface area contributed by atoms with Crippen molar-refractivity contribution in [3.63, 3.8) is 0 Å². The number of carbonyl (C=O) groups is 4. The van der Waals surface area contributed by atoms with Crippen LogP contribution >= 0.6 is 11.6 Å². The van der Waals surface area contributed by atoms with Gasteiger partial charge in [0.05, 0.1) is 27.3 Å². The van der Waals surface area contributed by atoms with E-state index in [4.69, 9.17) is 11.6 Å². The first-order valence-electron chi connectivity index (χ1n) is 10.6. The largest absolute Gasteiger partial charge is 0.292 e. The smallest absolute Gasteiger partial charge is 0.274 e. The van der Waals surface area contributed by atoms with Crippen LogP contribution in [-0.2, 0) is 9.59 Å². The van der Waals surface area contributed by atoms with E-state index in [-0.39, 0.29) is 27.8 Å². The zero-order valence-electron chi connectivity index (χ0n) is 18.1. The minimum absolute atomic E-state index is 0.0117. The molecule has 3 atom stereocenters. The Hall–Kier alpha value is -3.85. The van der Waals surface area contributed by atoms with Crippen molar-refractivity contribution in [1.82, 2.24) is 10.0 Å². The molecule has 2 aromatic carbocycles. The number of Topliss-reactive ketones (excluding diaryl/α,β-unsaturated/α-hetero) is 1. The van der Waals surface area contributed by atoms with E-state index in [1.807, 2.05) is 19.1 Å². The number of carbonyl (C=O) groups excluding carboxylic acids is 4. The summed E-state index contributed by atoms with van der Waals surface area (Å²) >= 11 is 6.19. The first kappa shape index (κ1) is 23.3. The van der Waals surface area contributed by atoms with Gasteiger partial charge in [-0.05, 0) is 24.5 Å². The Labute approximate surface area is 199 Å². The molecule has 34 heavy (non-hydrogen) atoms. The zero-order valence-corrected chi connectivity index (χ0v) is 18.8. The van der Waals surface area contributed by atoms with Crippen LogP contribution in [-0.4, -0.2) is 45.0 Å². The molecule has 2 aromatic rings. The molecule has 2 aliphatic rings. The highest BCUT2D eigenvalue weighted by molar-refractivity contribution is 6.34. The summed E-state index contributed by atoms with van der Waals surface area (Å²) in [6, 6.07) is 11.1. The summed E-state index contributed by atoms with van der Waals surface area (Å²) in [5.74, 6) is -4.12. The van der Waals surface area contributed by atoms with Gasteiger partial charge in [-0.3, -0.25) is 29.3 Å². The van der Waals surface area contributed by atoms with Crippen molar-refractivity contribution in [1.29, 1.82) is 0 Å². The molecule has 0 saturated carbocycles. The van der Waals surface area contributed by atoms with Crippen LogP contribution in [0, 0.1) is 27.9 Å². The van der Waals surface area contributed by atoms with Crippen molar-refractivity contribution in [2.45, 2.75) is 13.3 Å². The molecular weight excluding hydrogens is 462 g/mol. The number of amides is 3. The van der Waals surface area contributed by atoms with Gasteiger partial charge in [0.25, 0.3) is 23.4 Å². The van der Waals surface area contributed by atoms with E-state index in [2.05, 4.69) is 0 Å². The average Bonchev–Trinajstić information content (AvgIpc) is 3.08. The highest BCUT2D eigenvalue weighted by atomic mass is 35.5. The summed E-state index contributed by atoms with van der Waals surface area (Å²) < 4.78 is 0. The Morgan fingerprint density at radius 2 is 1.88 bits per heavy atom. The van der Waals surface area contributed by atoms with E-state index in [9.17, 15) is 29.3 Å². The van der Waals surface area contributed by atoms with Gasteiger partial charge in [0.2, 0.25) is 0 Å². The minimum Gasteiger partial charge on any atom is -0.292 e. The van der Waals surface area contributed by atoms with Gasteiger partial charge in [-0.15, -0.1) is 0 Å². The number of hydrogen-bond acceptors (Lipinski definition) is 6. The van der Waals surface area contributed by atoms with Crippen molar-refractivity contribution in [2.24, 2.45) is 17.8 Å². The molecule has 0 radical (unpaired) electrons. The Kier molecular flexibility index (Phi) is 6.30. The van der Waals surface area contributed by atoms with Crippen LogP contribution in [0.2, 0.25) is 5.02 Å². The van der Waals surface area contributed by atoms with E-state index in [0.717, 1.165) is 16.1 Å². The van der Waals surface area contributed by atoms with Crippen molar-refractivity contribution in [3.05, 3.63) is 86.9 Å². The lowest BCUT2D eigenvalue weighted by atomic mass is 9.78. The van der Waals surface area contributed by atoms with Crippen molar-refractivity contribution < 1.29 is 24.1 Å². The molecule has 1 aliphatic carbocycles. The number of nitro benzene ring substituents is 1. The third kappa shape index (κ3) is 4.10. The summed E-state index contributed by atoms with van der Waals surface area (Å²) in [6.45, 7) is 1.14. The van der Waals surface area contributed by atoms with Gasteiger partial charge < -0.3 is 0 Å². The fourth-order valence-electron chi connectivity index (χ4n) is 4.40. The van der Waals surface area contributed by atoms with Crippen LogP contribution in [0.1, 0.15) is 34.1 Å². The predicted molar refractivity (Wildman–Crippen MR) is 122 cm³/mol. The molecule has 0 bridgehead atoms. The van der Waals surface area contributed by atoms with Crippen molar-refractivity contribution in [2.75, 3.05) is 6.54 Å². The molecule has 10 heteroatoms. The molecular formula is C24H20ClN3O6. The third-order valence-electron chi connectivity index (χ3n) is 6.10. The van der Waals surface area contributed by atoms with Gasteiger partial charge in [0.15, 0.2) is 5.78 Å². The van der Waals surface area contributed by atoms with Crippen LogP contribution < -0.4 is 0 Å². The van der Waals surface area contributed by atoms with Gasteiger partial charge >= 0.3 is 0 Å². The van der Waals surface area contributed by atoms with E-state index >= 15 is 0 Å². The second-order valence-electron chi connectivity index (χ2n) is 8.22. The molecule has 4 rings (SSSR count). The Morgan fingerprint density at radius 3 is 2.56 bits per heavy atom. The number of nitrogens with zero attached hydrogens (tertiary/aromatic N) is 3. The lowest BCUT2D eigenvalue weighted by molar-refractivity contribution is -0.384. The maximum absolute atomic E-state index is 13.5. The molecule has 1 heterocycles. The maximum Gasteiger partial charge on any atom is 0.274 e. The van der Waals surface area contributed by atoms with Crippen LogP contribution in [0.4, 0.5) is 5.69 Å². The molecule has 174 valence electrons. The van der Waals surface area contributed by atoms with Gasteiger partial charge in [-0.1, -0.05) is 54.9 Å². The number of imide groups is 1. The Balaban J connectivity index is 1.73. The minimum atomic E-state index is -0.801. The van der Waals surface area contributed by atoms with Crippen LogP contribution in [0.25, 0.3) is 0 Å². The summed E-state index contributed by atoms with van der Waals surface area (Å²) in [5.41, 5.74) is -0.315. The van der Waals surface area contributed by atoms with E-state index in [1.54, 1.807) is 12.1 Å². The van der Waals surface area contributed by atoms with Gasteiger partial charge in [-0.2, -0.15) is 5.01 Å². The normalized spacial score (nSPS) is 21.4. The SMILES string of the molecule is C[C@@H]1C=CC[C@@H]2C(=O)N(N(CC(=O)c3cccc([N+](=O)[O-])c3)C(=O)c3ccccc3Cl)C(=O)[C@H]12. The summed E-state index contributed by atoms with van der Waals surface area (Å²) in [5, 5.41) is 12.8. The van der Waals surface area contributed by atoms with Crippen LogP contribution in [0.15, 0.2) is 60.7 Å². The number of allylic oxidation sites excluding steroid dienone is 2. The van der Waals surface area contributed by atoms with Gasteiger partial charge in [0, 0.05) is 17.7 Å².